The van der Waals surface area contributed by atoms with Crippen molar-refractivity contribution in [2.24, 2.45) is 0 Å². The van der Waals surface area contributed by atoms with E-state index in [4.69, 9.17) is 16.3 Å². The van der Waals surface area contributed by atoms with E-state index in [1.54, 1.807) is 7.11 Å². The molecular weight excluding hydrogens is 234 g/mol. The van der Waals surface area contributed by atoms with Gasteiger partial charge >= 0.3 is 0 Å². The first kappa shape index (κ1) is 14.5. The normalized spacial score (nSPS) is 13.7. The molecule has 0 aliphatic rings. The molecule has 1 unspecified atom stereocenters. The van der Waals surface area contributed by atoms with E-state index >= 15 is 0 Å². The SMILES string of the molecule is CNC(CCC(C)(C)OC)c1cccc(Cl)c1. The van der Waals surface area contributed by atoms with Crippen LogP contribution in [-0.4, -0.2) is 19.8 Å². The second-order valence-electron chi connectivity index (χ2n) is 4.90. The van der Waals surface area contributed by atoms with Crippen molar-refractivity contribution in [2.75, 3.05) is 14.2 Å². The number of rotatable bonds is 6. The second kappa shape index (κ2) is 6.39. The lowest BCUT2D eigenvalue weighted by Gasteiger charge is -2.26. The molecule has 1 N–H and O–H groups in total. The predicted molar refractivity (Wildman–Crippen MR) is 73.6 cm³/mol. The first-order chi connectivity index (χ1) is 7.98. The predicted octanol–water partition coefficient (Wildman–Crippen LogP) is 3.81. The Labute approximate surface area is 109 Å². The minimum absolute atomic E-state index is 0.0757. The number of benzene rings is 1. The van der Waals surface area contributed by atoms with E-state index in [1.807, 2.05) is 25.2 Å². The second-order valence-corrected chi connectivity index (χ2v) is 5.34. The van der Waals surface area contributed by atoms with Crippen LogP contribution in [0.15, 0.2) is 24.3 Å². The van der Waals surface area contributed by atoms with Crippen molar-refractivity contribution >= 4 is 11.6 Å². The van der Waals surface area contributed by atoms with Gasteiger partial charge in [-0.05, 0) is 51.4 Å². The Morgan fingerprint density at radius 2 is 2.12 bits per heavy atom. The molecule has 2 nitrogen and oxygen atoms in total. The molecule has 0 aromatic heterocycles. The van der Waals surface area contributed by atoms with Crippen molar-refractivity contribution in [3.05, 3.63) is 34.9 Å². The van der Waals surface area contributed by atoms with Crippen molar-refractivity contribution in [3.8, 4) is 0 Å². The zero-order valence-electron chi connectivity index (χ0n) is 11.1. The lowest BCUT2D eigenvalue weighted by molar-refractivity contribution is 0.0118. The summed E-state index contributed by atoms with van der Waals surface area (Å²) in [6, 6.07) is 8.33. The summed E-state index contributed by atoms with van der Waals surface area (Å²) in [5.41, 5.74) is 1.15. The van der Waals surface area contributed by atoms with E-state index in [-0.39, 0.29) is 5.60 Å². The highest BCUT2D eigenvalue weighted by Gasteiger charge is 2.19. The molecule has 17 heavy (non-hydrogen) atoms. The molecular formula is C14H22ClNO. The fourth-order valence-electron chi connectivity index (χ4n) is 1.80. The molecule has 0 fully saturated rings. The third-order valence-corrected chi connectivity index (χ3v) is 3.42. The van der Waals surface area contributed by atoms with Gasteiger partial charge in [0.25, 0.3) is 0 Å². The largest absolute Gasteiger partial charge is 0.379 e. The monoisotopic (exact) mass is 255 g/mol. The highest BCUT2D eigenvalue weighted by molar-refractivity contribution is 6.30. The topological polar surface area (TPSA) is 21.3 Å². The first-order valence-corrected chi connectivity index (χ1v) is 6.34. The van der Waals surface area contributed by atoms with Gasteiger partial charge in [-0.2, -0.15) is 0 Å². The van der Waals surface area contributed by atoms with E-state index in [0.717, 1.165) is 17.9 Å². The number of halogens is 1. The van der Waals surface area contributed by atoms with Crippen molar-refractivity contribution in [1.82, 2.24) is 5.32 Å². The van der Waals surface area contributed by atoms with Gasteiger partial charge in [0, 0.05) is 18.2 Å². The molecule has 1 aromatic rings. The van der Waals surface area contributed by atoms with Gasteiger partial charge in [0.2, 0.25) is 0 Å². The maximum Gasteiger partial charge on any atom is 0.0623 e. The Morgan fingerprint density at radius 3 is 2.65 bits per heavy atom. The van der Waals surface area contributed by atoms with Gasteiger partial charge in [0.1, 0.15) is 0 Å². The van der Waals surface area contributed by atoms with E-state index in [1.165, 1.54) is 5.56 Å². The summed E-state index contributed by atoms with van der Waals surface area (Å²) in [4.78, 5) is 0. The quantitative estimate of drug-likeness (QED) is 0.835. The number of nitrogens with one attached hydrogen (secondary N) is 1. The molecule has 3 heteroatoms. The third kappa shape index (κ3) is 4.66. The minimum Gasteiger partial charge on any atom is -0.379 e. The van der Waals surface area contributed by atoms with Gasteiger partial charge in [-0.15, -0.1) is 0 Å². The molecule has 0 radical (unpaired) electrons. The highest BCUT2D eigenvalue weighted by atomic mass is 35.5. The summed E-state index contributed by atoms with van der Waals surface area (Å²) < 4.78 is 5.44. The van der Waals surface area contributed by atoms with Crippen LogP contribution in [0.4, 0.5) is 0 Å². The number of ether oxygens (including phenoxy) is 1. The van der Waals surface area contributed by atoms with E-state index in [2.05, 4.69) is 25.2 Å². The van der Waals surface area contributed by atoms with Crippen molar-refractivity contribution < 1.29 is 4.74 Å². The van der Waals surface area contributed by atoms with Crippen LogP contribution in [-0.2, 0) is 4.74 Å². The Bertz CT molecular complexity index is 352. The molecule has 0 saturated carbocycles. The van der Waals surface area contributed by atoms with Gasteiger partial charge in [-0.25, -0.2) is 0 Å². The number of hydrogen-bond donors (Lipinski definition) is 1. The molecule has 1 rings (SSSR count). The van der Waals surface area contributed by atoms with Crippen LogP contribution in [0.1, 0.15) is 38.3 Å². The maximum absolute atomic E-state index is 6.01. The number of methoxy groups -OCH3 is 1. The van der Waals surface area contributed by atoms with Crippen LogP contribution in [0.3, 0.4) is 0 Å². The fraction of sp³-hybridized carbons (Fsp3) is 0.571. The highest BCUT2D eigenvalue weighted by Crippen LogP contribution is 2.25. The van der Waals surface area contributed by atoms with Crippen LogP contribution in [0.2, 0.25) is 5.02 Å². The van der Waals surface area contributed by atoms with Crippen LogP contribution in [0.5, 0.6) is 0 Å². The summed E-state index contributed by atoms with van der Waals surface area (Å²) in [7, 11) is 3.74. The van der Waals surface area contributed by atoms with Crippen molar-refractivity contribution in [2.45, 2.75) is 38.3 Å². The third-order valence-electron chi connectivity index (χ3n) is 3.19. The molecule has 0 spiro atoms. The molecule has 1 atom stereocenters. The average Bonchev–Trinajstić information content (AvgIpc) is 2.30. The van der Waals surface area contributed by atoms with Crippen LogP contribution in [0.25, 0.3) is 0 Å². The van der Waals surface area contributed by atoms with Crippen molar-refractivity contribution in [3.63, 3.8) is 0 Å². The van der Waals surface area contributed by atoms with Gasteiger partial charge < -0.3 is 10.1 Å². The van der Waals surface area contributed by atoms with Gasteiger partial charge in [0.05, 0.1) is 5.60 Å². The zero-order chi connectivity index (χ0) is 12.9. The molecule has 96 valence electrons. The first-order valence-electron chi connectivity index (χ1n) is 5.96. The average molecular weight is 256 g/mol. The van der Waals surface area contributed by atoms with Crippen LogP contribution >= 0.6 is 11.6 Å². The molecule has 0 heterocycles. The Morgan fingerprint density at radius 1 is 1.41 bits per heavy atom. The summed E-state index contributed by atoms with van der Waals surface area (Å²) in [5, 5.41) is 4.11. The van der Waals surface area contributed by atoms with Gasteiger partial charge in [-0.1, -0.05) is 23.7 Å². The van der Waals surface area contributed by atoms with Crippen LogP contribution < -0.4 is 5.32 Å². The van der Waals surface area contributed by atoms with Gasteiger partial charge in [0.15, 0.2) is 0 Å². The molecule has 0 amide bonds. The number of hydrogen-bond acceptors (Lipinski definition) is 2. The Balaban J connectivity index is 2.66. The van der Waals surface area contributed by atoms with E-state index in [0.29, 0.717) is 6.04 Å². The Kier molecular flexibility index (Phi) is 5.44. The fourth-order valence-corrected chi connectivity index (χ4v) is 1.99. The Hall–Kier alpha value is -0.570. The maximum atomic E-state index is 6.01. The smallest absolute Gasteiger partial charge is 0.0623 e. The van der Waals surface area contributed by atoms with E-state index < -0.39 is 0 Å². The summed E-state index contributed by atoms with van der Waals surface area (Å²) >= 11 is 6.01. The molecule has 0 saturated heterocycles. The lowest BCUT2D eigenvalue weighted by Crippen LogP contribution is -2.25. The van der Waals surface area contributed by atoms with Gasteiger partial charge in [-0.3, -0.25) is 0 Å². The lowest BCUT2D eigenvalue weighted by atomic mass is 9.95. The van der Waals surface area contributed by atoms with Crippen molar-refractivity contribution in [1.29, 1.82) is 0 Å². The summed E-state index contributed by atoms with van der Waals surface area (Å²) in [5.74, 6) is 0. The molecule has 0 bridgehead atoms. The summed E-state index contributed by atoms with van der Waals surface area (Å²) in [6.07, 6.45) is 2.03. The molecule has 0 aliphatic heterocycles. The molecule has 0 aliphatic carbocycles. The minimum atomic E-state index is -0.0757. The van der Waals surface area contributed by atoms with Crippen LogP contribution in [0, 0.1) is 0 Å². The molecule has 1 aromatic carbocycles. The van der Waals surface area contributed by atoms with E-state index in [9.17, 15) is 0 Å². The summed E-state index contributed by atoms with van der Waals surface area (Å²) in [6.45, 7) is 4.22. The standard InChI is InChI=1S/C14H22ClNO/c1-14(2,17-4)9-8-13(16-3)11-6-5-7-12(15)10-11/h5-7,10,13,16H,8-9H2,1-4H3. The zero-order valence-corrected chi connectivity index (χ0v) is 11.8.